The van der Waals surface area contributed by atoms with Crippen molar-refractivity contribution in [1.29, 1.82) is 0 Å². The maximum Gasteiger partial charge on any atom is 0.380 e. The first kappa shape index (κ1) is 79.1. The zero-order valence-electron chi connectivity index (χ0n) is 54.2. The molecule has 7 unspecified atom stereocenters. The van der Waals surface area contributed by atoms with Gasteiger partial charge >= 0.3 is 32.8 Å². The zero-order chi connectivity index (χ0) is 64.4. The molecule has 24 heteroatoms. The lowest BCUT2D eigenvalue weighted by molar-refractivity contribution is -0.346. The van der Waals surface area contributed by atoms with E-state index >= 15 is 0 Å². The van der Waals surface area contributed by atoms with Crippen molar-refractivity contribution in [2.75, 3.05) is 92.5 Å². The number of alkyl halides is 8. The van der Waals surface area contributed by atoms with E-state index in [9.17, 15) is 35.1 Å². The van der Waals surface area contributed by atoms with Gasteiger partial charge in [0, 0.05) is 13.2 Å². The van der Waals surface area contributed by atoms with E-state index in [0.717, 1.165) is 90.2 Å². The first-order valence-corrected chi connectivity index (χ1v) is 41.0. The average molecular weight is 1310 g/mol. The molecule has 0 amide bonds. The Hall–Kier alpha value is -2.15. The van der Waals surface area contributed by atoms with Crippen LogP contribution < -0.4 is 4.74 Å². The molecule has 2 aromatic rings. The van der Waals surface area contributed by atoms with Gasteiger partial charge in [-0.2, -0.15) is 26.3 Å². The maximum atomic E-state index is 12.8. The highest BCUT2D eigenvalue weighted by Crippen LogP contribution is 2.48. The van der Waals surface area contributed by atoms with Crippen molar-refractivity contribution in [3.05, 3.63) is 65.7 Å². The summed E-state index contributed by atoms with van der Waals surface area (Å²) in [6, 6.07) is 19.9. The van der Waals surface area contributed by atoms with Gasteiger partial charge in [0.2, 0.25) is 0 Å². The highest BCUT2D eigenvalue weighted by Gasteiger charge is 2.75. The lowest BCUT2D eigenvalue weighted by Gasteiger charge is -2.37. The molecule has 506 valence electrons. The number of halogens is 8. The highest BCUT2D eigenvalue weighted by atomic mass is 28.5. The Bertz CT molecular complexity index is 2030. The Labute approximate surface area is 519 Å². The summed E-state index contributed by atoms with van der Waals surface area (Å²) in [6.45, 7) is 31.9. The first-order valence-electron chi connectivity index (χ1n) is 31.7. The molecule has 13 nitrogen and oxygen atoms in total. The second-order valence-electron chi connectivity index (χ2n) is 25.1. The summed E-state index contributed by atoms with van der Waals surface area (Å²) in [5, 5.41) is 0. The van der Waals surface area contributed by atoms with Crippen LogP contribution in [0.25, 0.3) is 0 Å². The van der Waals surface area contributed by atoms with Crippen molar-refractivity contribution in [1.82, 2.24) is 0 Å². The van der Waals surface area contributed by atoms with Crippen LogP contribution in [0.2, 0.25) is 51.9 Å². The molecule has 0 bridgehead atoms. The molecule has 6 aliphatic heterocycles. The fourth-order valence-corrected chi connectivity index (χ4v) is 21.5. The van der Waals surface area contributed by atoms with Crippen LogP contribution in [0.3, 0.4) is 0 Å². The van der Waals surface area contributed by atoms with Crippen LogP contribution in [0, 0.1) is 5.92 Å². The fraction of sp³-hybridized carbons (Fsp3) is 0.810. The van der Waals surface area contributed by atoms with Gasteiger partial charge in [-0.3, -0.25) is 0 Å². The van der Waals surface area contributed by atoms with E-state index in [0.29, 0.717) is 43.7 Å². The lowest BCUT2D eigenvalue weighted by atomic mass is 10.0. The molecular formula is C63H108F8O13Si3. The van der Waals surface area contributed by atoms with Gasteiger partial charge in [0.1, 0.15) is 49.5 Å². The molecule has 0 saturated carbocycles. The predicted octanol–water partition coefficient (Wildman–Crippen LogP) is 15.5. The summed E-state index contributed by atoms with van der Waals surface area (Å²) < 4.78 is 168. The summed E-state index contributed by atoms with van der Waals surface area (Å²) in [7, 11) is -5.16. The normalized spacial score (nSPS) is 21.2. The number of benzene rings is 2. The molecule has 2 aromatic carbocycles. The van der Waals surface area contributed by atoms with Gasteiger partial charge in [-0.1, -0.05) is 121 Å². The lowest BCUT2D eigenvalue weighted by Crippen LogP contribution is -2.59. The average Bonchev–Trinajstić information content (AvgIpc) is 1.39. The largest absolute Gasteiger partial charge is 0.491 e. The molecule has 6 fully saturated rings. The van der Waals surface area contributed by atoms with E-state index < -0.39 is 68.7 Å². The van der Waals surface area contributed by atoms with Gasteiger partial charge in [0.05, 0.1) is 78.8 Å². The number of ether oxygens (including phenoxy) is 11. The fourth-order valence-electron chi connectivity index (χ4n) is 8.37. The van der Waals surface area contributed by atoms with Crippen LogP contribution in [0.15, 0.2) is 54.6 Å². The summed E-state index contributed by atoms with van der Waals surface area (Å²) in [5.41, 5.74) is 2.65. The topological polar surface area (TPSA) is 140 Å². The Morgan fingerprint density at radius 3 is 1.51 bits per heavy atom. The first-order chi connectivity index (χ1) is 41.1. The van der Waals surface area contributed by atoms with Crippen molar-refractivity contribution >= 4 is 25.2 Å². The predicted molar refractivity (Wildman–Crippen MR) is 330 cm³/mol. The summed E-state index contributed by atoms with van der Waals surface area (Å²) >= 11 is 0. The molecular weight excluding hydrogens is 1200 g/mol. The molecule has 8 rings (SSSR count). The molecule has 7 atom stereocenters. The van der Waals surface area contributed by atoms with Gasteiger partial charge in [-0.25, -0.2) is 8.78 Å². The molecule has 6 saturated heterocycles. The van der Waals surface area contributed by atoms with Crippen LogP contribution in [-0.4, -0.2) is 179 Å². The van der Waals surface area contributed by atoms with Crippen LogP contribution in [0.1, 0.15) is 116 Å². The Morgan fingerprint density at radius 1 is 0.540 bits per heavy atom. The quantitative estimate of drug-likeness (QED) is 0.0271. The van der Waals surface area contributed by atoms with Crippen LogP contribution in [0.5, 0.6) is 5.75 Å². The number of unbranched alkanes of at least 4 members (excludes halogenated alkanes) is 7. The minimum absolute atomic E-state index is 0.176. The van der Waals surface area contributed by atoms with Gasteiger partial charge in [0.25, 0.3) is 0 Å². The second-order valence-corrected chi connectivity index (χ2v) is 37.8. The summed E-state index contributed by atoms with van der Waals surface area (Å²) in [5.74, 6) is -16.0. The third kappa shape index (κ3) is 40.4. The number of hydrogen-bond donors (Lipinski definition) is 0. The van der Waals surface area contributed by atoms with Crippen molar-refractivity contribution in [2.45, 2.75) is 230 Å². The third-order valence-electron chi connectivity index (χ3n) is 13.7. The standard InChI is InChI=1S/C18H28O2.C13H32O4Si3.C11H22O2.C10H12O2.C8H8F8O2.C3H6O/c1-2-3-4-5-6-7-8-9-16-10-12-17(13-11-16)19-14-18-15-20-18;1-18(2,3)16-20(6,7)17-19(4,5)10-8-9-14-11-13-12-15-13;1-3-5-6-10(4-2)7-12-8-11-9-13-11;1-2-4-9(5-3-1)6-11-7-10-8-12-10;9-5(10)7(13,14)8(15,16)6(11,12)3-17-1-4-2-18-4;1-3-2-4-3/h10-13,18H,2-9,14-15H2,1H3;13H,8-12H2,1-7H3;10-11H,3-9H2,1-2H3;1-5,10H,6-8H2;4-5H,1-3H2;3H,2H2,1H3. The van der Waals surface area contributed by atoms with Crippen LogP contribution in [-0.2, 0) is 68.6 Å². The van der Waals surface area contributed by atoms with E-state index in [1.165, 1.54) is 88.2 Å². The van der Waals surface area contributed by atoms with Crippen molar-refractivity contribution < 1.29 is 95.5 Å². The molecule has 6 aliphatic rings. The molecule has 6 heterocycles. The monoisotopic (exact) mass is 1310 g/mol. The van der Waals surface area contributed by atoms with E-state index in [1.54, 1.807) is 0 Å². The molecule has 87 heavy (non-hydrogen) atoms. The van der Waals surface area contributed by atoms with Crippen molar-refractivity contribution in [3.63, 3.8) is 0 Å². The van der Waals surface area contributed by atoms with E-state index in [-0.39, 0.29) is 6.61 Å². The smallest absolute Gasteiger partial charge is 0.380 e. The SMILES string of the molecule is CC1CO1.CCCCC(CC)COCC1CO1.CCCCCCCCCc1ccc(OCC2CO2)cc1.C[Si](C)(C)O[Si](C)(C)O[Si](C)(C)CCCOCC1CO1.FC(F)C(F)(F)C(F)(F)C(F)(F)COCC1CO1.c1ccc(COCC2CO2)cc1. The zero-order valence-corrected chi connectivity index (χ0v) is 57.2. The Kier molecular flexibility index (Phi) is 37.7. The third-order valence-corrected chi connectivity index (χ3v) is 23.9. The minimum atomic E-state index is -6.21. The van der Waals surface area contributed by atoms with Gasteiger partial charge < -0.3 is 60.3 Å². The van der Waals surface area contributed by atoms with Crippen molar-refractivity contribution in [2.24, 2.45) is 5.92 Å². The Morgan fingerprint density at radius 2 is 1.02 bits per heavy atom. The van der Waals surface area contributed by atoms with Gasteiger partial charge in [0.15, 0.2) is 16.6 Å². The minimum Gasteiger partial charge on any atom is -0.491 e. The molecule has 0 aliphatic carbocycles. The second kappa shape index (κ2) is 41.4. The molecule has 0 radical (unpaired) electrons. The highest BCUT2D eigenvalue weighted by molar-refractivity contribution is 6.87. The van der Waals surface area contributed by atoms with Crippen molar-refractivity contribution in [3.8, 4) is 5.75 Å². The van der Waals surface area contributed by atoms with E-state index in [4.69, 9.17) is 50.9 Å². The number of hydrogen-bond acceptors (Lipinski definition) is 13. The molecule has 0 aromatic heterocycles. The Balaban J connectivity index is 0.000000283. The number of epoxide rings is 6. The van der Waals surface area contributed by atoms with Crippen LogP contribution in [0.4, 0.5) is 35.1 Å². The van der Waals surface area contributed by atoms with Gasteiger partial charge in [-0.15, -0.1) is 0 Å². The summed E-state index contributed by atoms with van der Waals surface area (Å²) in [6.07, 6.45) is 13.7. The number of rotatable bonds is 40. The van der Waals surface area contributed by atoms with E-state index in [2.05, 4.69) is 119 Å². The summed E-state index contributed by atoms with van der Waals surface area (Å²) in [4.78, 5) is 0. The molecule has 0 N–H and O–H groups in total. The number of aryl methyl sites for hydroxylation is 1. The van der Waals surface area contributed by atoms with E-state index in [1.807, 2.05) is 18.2 Å². The van der Waals surface area contributed by atoms with Gasteiger partial charge in [-0.05, 0) is 114 Å². The maximum absolute atomic E-state index is 12.8. The molecule has 0 spiro atoms. The van der Waals surface area contributed by atoms with Crippen LogP contribution >= 0.6 is 0 Å².